The molecule has 1 unspecified atom stereocenters. The van der Waals surface area contributed by atoms with E-state index < -0.39 is 0 Å². The molecule has 0 aliphatic heterocycles. The van der Waals surface area contributed by atoms with Gasteiger partial charge < -0.3 is 9.47 Å². The van der Waals surface area contributed by atoms with Crippen molar-refractivity contribution in [2.75, 3.05) is 14.2 Å². The third-order valence-electron chi connectivity index (χ3n) is 2.62. The second-order valence-electron chi connectivity index (χ2n) is 3.67. The molecule has 0 heterocycles. The van der Waals surface area contributed by atoms with Gasteiger partial charge in [0.05, 0.1) is 5.41 Å². The van der Waals surface area contributed by atoms with Crippen LogP contribution in [0.4, 0.5) is 0 Å². The van der Waals surface area contributed by atoms with Crippen LogP contribution >= 0.6 is 0 Å². The maximum Gasteiger partial charge on any atom is 0.169 e. The predicted molar refractivity (Wildman–Crippen MR) is 62.2 cm³/mol. The van der Waals surface area contributed by atoms with Gasteiger partial charge in [-0.25, -0.2) is 0 Å². The van der Waals surface area contributed by atoms with E-state index in [9.17, 15) is 0 Å². The van der Waals surface area contributed by atoms with Gasteiger partial charge in [-0.15, -0.1) is 6.58 Å². The molecule has 78 valence electrons. The number of ether oxygens (including phenoxy) is 2. The molecule has 0 bridgehead atoms. The molecule has 0 aromatic carbocycles. The molecule has 0 radical (unpaired) electrons. The fourth-order valence-corrected chi connectivity index (χ4v) is 2.73. The van der Waals surface area contributed by atoms with Gasteiger partial charge in [-0.1, -0.05) is 29.5 Å². The molecule has 0 aromatic rings. The maximum atomic E-state index is 5.33. The zero-order valence-electron chi connectivity index (χ0n) is 9.12. The van der Waals surface area contributed by atoms with Crippen molar-refractivity contribution in [3.8, 4) is 0 Å². The molecule has 0 aromatic heterocycles. The summed E-state index contributed by atoms with van der Waals surface area (Å²) in [7, 11) is 4.41. The van der Waals surface area contributed by atoms with E-state index in [1.54, 1.807) is 14.2 Å². The molecule has 1 aliphatic rings. The number of rotatable bonds is 4. The minimum absolute atomic E-state index is 0.185. The number of methoxy groups -OCH3 is 2. The largest absolute Gasteiger partial charge is 0.355 e. The van der Waals surface area contributed by atoms with Crippen LogP contribution in [0, 0.1) is 5.41 Å². The molecule has 0 spiro atoms. The molecule has 0 saturated carbocycles. The van der Waals surface area contributed by atoms with Crippen molar-refractivity contribution in [2.45, 2.75) is 12.7 Å². The van der Waals surface area contributed by atoms with Crippen LogP contribution < -0.4 is 0 Å². The smallest absolute Gasteiger partial charge is 0.169 e. The Morgan fingerprint density at radius 2 is 2.21 bits per heavy atom. The van der Waals surface area contributed by atoms with Crippen molar-refractivity contribution in [1.29, 1.82) is 0 Å². The third-order valence-corrected chi connectivity index (χ3v) is 3.31. The molecule has 1 aliphatic carbocycles. The summed E-state index contributed by atoms with van der Waals surface area (Å²) >= 11 is 0. The highest BCUT2D eigenvalue weighted by molar-refractivity contribution is 6.21. The maximum absolute atomic E-state index is 5.33. The quantitative estimate of drug-likeness (QED) is 0.391. The summed E-state index contributed by atoms with van der Waals surface area (Å²) in [5.74, 6) is 0. The number of allylic oxidation sites excluding steroid dienone is 3. The summed E-state index contributed by atoms with van der Waals surface area (Å²) in [5, 5.41) is 1.45. The van der Waals surface area contributed by atoms with Crippen LogP contribution in [0.1, 0.15) is 6.42 Å². The van der Waals surface area contributed by atoms with Crippen LogP contribution in [-0.2, 0) is 9.47 Å². The fourth-order valence-electron chi connectivity index (χ4n) is 1.93. The van der Waals surface area contributed by atoms with Gasteiger partial charge in [-0.2, -0.15) is 0 Å². The van der Waals surface area contributed by atoms with E-state index in [1.807, 2.05) is 6.08 Å². The normalized spacial score (nSPS) is 26.6. The van der Waals surface area contributed by atoms with Gasteiger partial charge in [-0.3, -0.25) is 0 Å². The van der Waals surface area contributed by atoms with Gasteiger partial charge in [0, 0.05) is 24.5 Å². The Labute approximate surface area is 88.7 Å². The van der Waals surface area contributed by atoms with Gasteiger partial charge in [0.15, 0.2) is 6.29 Å². The van der Waals surface area contributed by atoms with E-state index in [0.717, 1.165) is 16.7 Å². The Kier molecular flexibility index (Phi) is 3.86. The first-order chi connectivity index (χ1) is 6.68. The lowest BCUT2D eigenvalue weighted by molar-refractivity contribution is -0.148. The molecule has 0 N–H and O–H groups in total. The molecule has 0 amide bonds. The lowest BCUT2D eigenvalue weighted by atomic mass is 9.80. The highest BCUT2D eigenvalue weighted by Crippen LogP contribution is 2.37. The standard InChI is InChI=1S/C11H18O2Si/c1-4-11(10(12-2)13-3)7-5-6-9(14)8-11/h4-7,10H,1,8H2,2-3,14H3. The van der Waals surface area contributed by atoms with Crippen LogP contribution in [0.2, 0.25) is 0 Å². The Balaban J connectivity index is 2.93. The topological polar surface area (TPSA) is 18.5 Å². The molecular formula is C11H18O2Si. The van der Waals surface area contributed by atoms with Crippen molar-refractivity contribution < 1.29 is 9.47 Å². The van der Waals surface area contributed by atoms with Crippen LogP contribution in [0.15, 0.2) is 36.1 Å². The van der Waals surface area contributed by atoms with Crippen molar-refractivity contribution >= 4 is 10.2 Å². The number of hydrogen-bond acceptors (Lipinski definition) is 2. The van der Waals surface area contributed by atoms with Crippen molar-refractivity contribution in [2.24, 2.45) is 5.41 Å². The first-order valence-electron chi connectivity index (χ1n) is 4.72. The summed E-state index contributed by atoms with van der Waals surface area (Å²) in [6, 6.07) is 0. The summed E-state index contributed by atoms with van der Waals surface area (Å²) in [4.78, 5) is 0. The second kappa shape index (κ2) is 4.73. The zero-order valence-corrected chi connectivity index (χ0v) is 11.1. The van der Waals surface area contributed by atoms with Gasteiger partial charge in [0.25, 0.3) is 0 Å². The van der Waals surface area contributed by atoms with E-state index in [0.29, 0.717) is 0 Å². The van der Waals surface area contributed by atoms with Crippen LogP contribution in [0.5, 0.6) is 0 Å². The van der Waals surface area contributed by atoms with Crippen molar-refractivity contribution in [1.82, 2.24) is 0 Å². The monoisotopic (exact) mass is 210 g/mol. The van der Waals surface area contributed by atoms with Gasteiger partial charge in [-0.05, 0) is 6.42 Å². The summed E-state index contributed by atoms with van der Waals surface area (Å²) in [5.41, 5.74) is -0.185. The number of hydrogen-bond donors (Lipinski definition) is 0. The van der Waals surface area contributed by atoms with Crippen LogP contribution in [-0.4, -0.2) is 30.8 Å². The van der Waals surface area contributed by atoms with Crippen molar-refractivity contribution in [3.05, 3.63) is 36.1 Å². The molecule has 0 fully saturated rings. The van der Waals surface area contributed by atoms with Gasteiger partial charge >= 0.3 is 0 Å². The lowest BCUT2D eigenvalue weighted by Gasteiger charge is -2.35. The van der Waals surface area contributed by atoms with Gasteiger partial charge in [0.2, 0.25) is 0 Å². The Morgan fingerprint density at radius 1 is 1.57 bits per heavy atom. The molecule has 1 rings (SSSR count). The first-order valence-corrected chi connectivity index (χ1v) is 5.72. The van der Waals surface area contributed by atoms with E-state index in [-0.39, 0.29) is 11.7 Å². The highest BCUT2D eigenvalue weighted by Gasteiger charge is 2.35. The summed E-state index contributed by atoms with van der Waals surface area (Å²) in [6.07, 6.45) is 8.99. The van der Waals surface area contributed by atoms with Crippen LogP contribution in [0.3, 0.4) is 0 Å². The molecule has 14 heavy (non-hydrogen) atoms. The first kappa shape index (κ1) is 11.4. The highest BCUT2D eigenvalue weighted by atomic mass is 28.1. The fraction of sp³-hybridized carbons (Fsp3) is 0.455. The van der Waals surface area contributed by atoms with E-state index in [4.69, 9.17) is 9.47 Å². The summed E-state index contributed by atoms with van der Waals surface area (Å²) < 4.78 is 10.7. The molecule has 0 saturated heterocycles. The molecule has 2 nitrogen and oxygen atoms in total. The van der Waals surface area contributed by atoms with E-state index in [2.05, 4.69) is 24.8 Å². The Hall–Kier alpha value is -0.643. The van der Waals surface area contributed by atoms with Gasteiger partial charge in [0.1, 0.15) is 0 Å². The minimum atomic E-state index is -0.242. The van der Waals surface area contributed by atoms with Crippen molar-refractivity contribution in [3.63, 3.8) is 0 Å². The Bertz CT molecular complexity index is 266. The predicted octanol–water partition coefficient (Wildman–Crippen LogP) is 0.987. The molecule has 3 heteroatoms. The minimum Gasteiger partial charge on any atom is -0.355 e. The SMILES string of the molecule is C=CC1(C(OC)OC)C=CC=C([SiH3])C1. The third kappa shape index (κ3) is 2.05. The lowest BCUT2D eigenvalue weighted by Crippen LogP contribution is -2.36. The molecular weight excluding hydrogens is 192 g/mol. The molecule has 1 atom stereocenters. The van der Waals surface area contributed by atoms with Crippen LogP contribution in [0.25, 0.3) is 0 Å². The second-order valence-corrected chi connectivity index (χ2v) is 4.95. The van der Waals surface area contributed by atoms with E-state index >= 15 is 0 Å². The Morgan fingerprint density at radius 3 is 2.64 bits per heavy atom. The van der Waals surface area contributed by atoms with E-state index in [1.165, 1.54) is 5.20 Å². The average molecular weight is 210 g/mol. The summed E-state index contributed by atoms with van der Waals surface area (Å²) in [6.45, 7) is 3.88. The zero-order chi connectivity index (χ0) is 10.6. The average Bonchev–Trinajstić information content (AvgIpc) is 2.19.